The zero-order valence-corrected chi connectivity index (χ0v) is 7.39. The van der Waals surface area contributed by atoms with Gasteiger partial charge in [0, 0.05) is 4.90 Å². The molecule has 0 aliphatic rings. The smallest absolute Gasteiger partial charge is 0.178 e. The predicted molar refractivity (Wildman–Crippen MR) is 46.1 cm³/mol. The van der Waals surface area contributed by atoms with Gasteiger partial charge in [-0.1, -0.05) is 0 Å². The van der Waals surface area contributed by atoms with Crippen molar-refractivity contribution < 1.29 is 5.11 Å². The molecule has 0 saturated carbocycles. The Balaban J connectivity index is 2.66. The van der Waals surface area contributed by atoms with Crippen molar-refractivity contribution in [1.29, 1.82) is 0 Å². The molecule has 1 radical (unpaired) electrons. The van der Waals surface area contributed by atoms with Gasteiger partial charge in [-0.2, -0.15) is 0 Å². The lowest BCUT2D eigenvalue weighted by Crippen LogP contribution is -1.97. The summed E-state index contributed by atoms with van der Waals surface area (Å²) in [4.78, 5) is 1.09. The zero-order valence-electron chi connectivity index (χ0n) is 6.57. The van der Waals surface area contributed by atoms with Crippen molar-refractivity contribution >= 4 is 11.9 Å². The van der Waals surface area contributed by atoms with Crippen LogP contribution in [0.5, 0.6) is 5.75 Å². The van der Waals surface area contributed by atoms with Crippen LogP contribution in [-0.2, 0) is 5.11 Å². The molecule has 11 heavy (non-hydrogen) atoms. The molecule has 0 aliphatic heterocycles. The van der Waals surface area contributed by atoms with E-state index in [1.54, 1.807) is 24.1 Å². The van der Waals surface area contributed by atoms with E-state index in [-0.39, 0.29) is 5.75 Å². The number of rotatable bonds is 2. The first kappa shape index (κ1) is 8.43. The normalized spacial score (nSPS) is 10.5. The van der Waals surface area contributed by atoms with Crippen molar-refractivity contribution in [3.63, 3.8) is 0 Å². The lowest BCUT2D eigenvalue weighted by Gasteiger charge is -2.06. The highest BCUT2D eigenvalue weighted by atomic mass is 32.2. The maximum atomic E-state index is 10.7. The molecule has 0 atom stereocenters. The monoisotopic (exact) mass is 168 g/mol. The summed E-state index contributed by atoms with van der Waals surface area (Å²) in [6.07, 6.45) is 0. The zero-order chi connectivity index (χ0) is 8.27. The topological polar surface area (TPSA) is 23.1 Å². The molecule has 0 bridgehead atoms. The van der Waals surface area contributed by atoms with E-state index in [9.17, 15) is 5.11 Å². The average molecular weight is 168 g/mol. The standard InChI is InChI=1S/C8H10NOS/c1-9(2)11-8-5-3-7(10)4-6-8/h3-6H,1-2H3. The summed E-state index contributed by atoms with van der Waals surface area (Å²) in [5.74, 6) is 0.0631. The summed E-state index contributed by atoms with van der Waals surface area (Å²) >= 11 is 1.60. The van der Waals surface area contributed by atoms with Crippen LogP contribution in [0.3, 0.4) is 0 Å². The largest absolute Gasteiger partial charge is 0.290 e. The van der Waals surface area contributed by atoms with Crippen LogP contribution in [0.1, 0.15) is 0 Å². The van der Waals surface area contributed by atoms with E-state index in [2.05, 4.69) is 0 Å². The van der Waals surface area contributed by atoms with E-state index in [1.807, 2.05) is 30.5 Å². The van der Waals surface area contributed by atoms with Crippen LogP contribution in [0.4, 0.5) is 0 Å². The van der Waals surface area contributed by atoms with Gasteiger partial charge in [0.05, 0.1) is 0 Å². The predicted octanol–water partition coefficient (Wildman–Crippen LogP) is 2.40. The van der Waals surface area contributed by atoms with Crippen LogP contribution in [0.25, 0.3) is 0 Å². The molecule has 0 saturated heterocycles. The lowest BCUT2D eigenvalue weighted by molar-refractivity contribution is 0.354. The SMILES string of the molecule is CN(C)Sc1ccc([O])cc1. The highest BCUT2D eigenvalue weighted by Crippen LogP contribution is 2.21. The van der Waals surface area contributed by atoms with Crippen LogP contribution >= 0.6 is 11.9 Å². The molecule has 0 aliphatic carbocycles. The summed E-state index contributed by atoms with van der Waals surface area (Å²) in [6.45, 7) is 0. The van der Waals surface area contributed by atoms with Gasteiger partial charge >= 0.3 is 0 Å². The van der Waals surface area contributed by atoms with Crippen LogP contribution in [-0.4, -0.2) is 18.4 Å². The van der Waals surface area contributed by atoms with Crippen molar-refractivity contribution in [1.82, 2.24) is 4.31 Å². The van der Waals surface area contributed by atoms with Crippen LogP contribution < -0.4 is 0 Å². The average Bonchev–Trinajstić information content (AvgIpc) is 1.93. The van der Waals surface area contributed by atoms with Gasteiger partial charge in [-0.15, -0.1) is 0 Å². The molecule has 0 aromatic heterocycles. The third kappa shape index (κ3) is 2.82. The van der Waals surface area contributed by atoms with Crippen LogP contribution in [0, 0.1) is 0 Å². The summed E-state index contributed by atoms with van der Waals surface area (Å²) in [5, 5.41) is 10.7. The van der Waals surface area contributed by atoms with Crippen molar-refractivity contribution in [2.24, 2.45) is 0 Å². The first-order chi connectivity index (χ1) is 5.18. The van der Waals surface area contributed by atoms with Gasteiger partial charge in [-0.25, -0.2) is 0 Å². The van der Waals surface area contributed by atoms with Gasteiger partial charge in [-0.3, -0.25) is 9.41 Å². The van der Waals surface area contributed by atoms with Gasteiger partial charge in [0.25, 0.3) is 0 Å². The molecule has 0 unspecified atom stereocenters. The van der Waals surface area contributed by atoms with Crippen molar-refractivity contribution in [2.45, 2.75) is 4.90 Å². The fraction of sp³-hybridized carbons (Fsp3) is 0.250. The van der Waals surface area contributed by atoms with E-state index in [1.165, 1.54) is 0 Å². The molecule has 3 heteroatoms. The van der Waals surface area contributed by atoms with Crippen molar-refractivity contribution in [2.75, 3.05) is 14.1 Å². The third-order valence-electron chi connectivity index (χ3n) is 1.11. The van der Waals surface area contributed by atoms with E-state index in [0.29, 0.717) is 0 Å². The van der Waals surface area contributed by atoms with Gasteiger partial charge in [0.2, 0.25) is 0 Å². The van der Waals surface area contributed by atoms with E-state index >= 15 is 0 Å². The molecule has 1 rings (SSSR count). The van der Waals surface area contributed by atoms with Crippen molar-refractivity contribution in [3.05, 3.63) is 24.3 Å². The Morgan fingerprint density at radius 2 is 1.73 bits per heavy atom. The van der Waals surface area contributed by atoms with Crippen molar-refractivity contribution in [3.8, 4) is 5.75 Å². The molecule has 0 heterocycles. The summed E-state index contributed by atoms with van der Waals surface area (Å²) in [7, 11) is 3.94. The number of hydrogen-bond donors (Lipinski definition) is 0. The lowest BCUT2D eigenvalue weighted by atomic mass is 10.3. The summed E-state index contributed by atoms with van der Waals surface area (Å²) in [6, 6.07) is 6.80. The van der Waals surface area contributed by atoms with Gasteiger partial charge in [-0.05, 0) is 50.3 Å². The summed E-state index contributed by atoms with van der Waals surface area (Å²) in [5.41, 5.74) is 0. The van der Waals surface area contributed by atoms with Crippen LogP contribution in [0.2, 0.25) is 0 Å². The molecule has 0 spiro atoms. The second-order valence-corrected chi connectivity index (χ2v) is 3.76. The first-order valence-corrected chi connectivity index (χ1v) is 4.08. The Bertz CT molecular complexity index is 220. The Morgan fingerprint density at radius 3 is 2.18 bits per heavy atom. The van der Waals surface area contributed by atoms with Gasteiger partial charge in [0.1, 0.15) is 0 Å². The maximum absolute atomic E-state index is 10.7. The fourth-order valence-electron chi connectivity index (χ4n) is 0.711. The maximum Gasteiger partial charge on any atom is 0.178 e. The fourth-order valence-corrected chi connectivity index (χ4v) is 1.39. The Kier molecular flexibility index (Phi) is 2.79. The minimum Gasteiger partial charge on any atom is -0.290 e. The molecule has 1 aromatic rings. The second kappa shape index (κ2) is 3.64. The number of nitrogens with zero attached hydrogens (tertiary/aromatic N) is 1. The van der Waals surface area contributed by atoms with Crippen LogP contribution in [0.15, 0.2) is 29.2 Å². The number of benzene rings is 1. The molecular weight excluding hydrogens is 158 g/mol. The molecule has 0 amide bonds. The Labute approximate surface area is 71.0 Å². The third-order valence-corrected chi connectivity index (χ3v) is 1.96. The van der Waals surface area contributed by atoms with E-state index in [4.69, 9.17) is 0 Å². The Morgan fingerprint density at radius 1 is 1.18 bits per heavy atom. The highest BCUT2D eigenvalue weighted by molar-refractivity contribution is 7.97. The highest BCUT2D eigenvalue weighted by Gasteiger charge is 1.95. The Hall–Kier alpha value is -0.670. The molecule has 0 N–H and O–H groups in total. The first-order valence-electron chi connectivity index (χ1n) is 3.31. The van der Waals surface area contributed by atoms with E-state index < -0.39 is 0 Å². The molecule has 2 nitrogen and oxygen atoms in total. The minimum absolute atomic E-state index is 0.0631. The minimum atomic E-state index is 0.0631. The second-order valence-electron chi connectivity index (χ2n) is 2.38. The van der Waals surface area contributed by atoms with Gasteiger partial charge in [0.15, 0.2) is 5.75 Å². The molecule has 1 aromatic carbocycles. The van der Waals surface area contributed by atoms with Gasteiger partial charge < -0.3 is 0 Å². The quantitative estimate of drug-likeness (QED) is 0.633. The summed E-state index contributed by atoms with van der Waals surface area (Å²) < 4.78 is 1.99. The number of hydrogen-bond acceptors (Lipinski definition) is 2. The molecule has 59 valence electrons. The molecular formula is C8H10NOS. The molecule has 0 fully saturated rings. The van der Waals surface area contributed by atoms with E-state index in [0.717, 1.165) is 4.90 Å².